The fraction of sp³-hybridized carbons (Fsp3) is 0.423. The number of aromatic amines is 1. The SMILES string of the molecule is Cc1cc(C(=O)N[C@@H](CC(=O)N2CCCC[C@@H]2C)C(=O)N[C@@H](C)c2ncc(-c3ccc(F)cc3F)[nH]2)no1. The third-order valence-corrected chi connectivity index (χ3v) is 6.57. The van der Waals surface area contributed by atoms with Gasteiger partial charge < -0.3 is 25.0 Å². The average Bonchev–Trinajstić information content (AvgIpc) is 3.53. The summed E-state index contributed by atoms with van der Waals surface area (Å²) in [7, 11) is 0. The van der Waals surface area contributed by atoms with Crippen molar-refractivity contribution in [3.8, 4) is 11.3 Å². The molecule has 1 aliphatic heterocycles. The first kappa shape index (κ1) is 27.0. The van der Waals surface area contributed by atoms with E-state index in [-0.39, 0.29) is 29.6 Å². The number of halogens is 2. The number of aromatic nitrogens is 3. The largest absolute Gasteiger partial charge is 0.361 e. The number of imidazole rings is 1. The number of amides is 3. The van der Waals surface area contributed by atoms with Crippen molar-refractivity contribution in [3.05, 3.63) is 59.4 Å². The second kappa shape index (κ2) is 11.5. The van der Waals surface area contributed by atoms with E-state index in [9.17, 15) is 23.2 Å². The Kier molecular flexibility index (Phi) is 8.18. The number of likely N-dealkylation sites (tertiary alicyclic amines) is 1. The van der Waals surface area contributed by atoms with Gasteiger partial charge in [0, 0.05) is 30.3 Å². The third kappa shape index (κ3) is 6.24. The lowest BCUT2D eigenvalue weighted by molar-refractivity contribution is -0.137. The van der Waals surface area contributed by atoms with Gasteiger partial charge in [0.25, 0.3) is 5.91 Å². The van der Waals surface area contributed by atoms with Crippen LogP contribution in [0, 0.1) is 18.6 Å². The molecule has 3 amide bonds. The van der Waals surface area contributed by atoms with E-state index in [1.165, 1.54) is 18.3 Å². The molecule has 3 atom stereocenters. The molecular weight excluding hydrogens is 498 g/mol. The van der Waals surface area contributed by atoms with Crippen LogP contribution in [0.3, 0.4) is 0 Å². The van der Waals surface area contributed by atoms with E-state index in [0.717, 1.165) is 31.4 Å². The zero-order chi connectivity index (χ0) is 27.4. The Labute approximate surface area is 218 Å². The quantitative estimate of drug-likeness (QED) is 0.410. The van der Waals surface area contributed by atoms with E-state index in [0.29, 0.717) is 23.8 Å². The number of hydrogen-bond acceptors (Lipinski definition) is 6. The smallest absolute Gasteiger partial charge is 0.274 e. The summed E-state index contributed by atoms with van der Waals surface area (Å²) in [5.74, 6) is -2.22. The highest BCUT2D eigenvalue weighted by Crippen LogP contribution is 2.23. The predicted octanol–water partition coefficient (Wildman–Crippen LogP) is 3.42. The molecule has 0 unspecified atom stereocenters. The Morgan fingerprint density at radius 2 is 2.00 bits per heavy atom. The number of hydrogen-bond donors (Lipinski definition) is 3. The Morgan fingerprint density at radius 3 is 2.68 bits per heavy atom. The fourth-order valence-corrected chi connectivity index (χ4v) is 4.46. The first-order valence-electron chi connectivity index (χ1n) is 12.5. The van der Waals surface area contributed by atoms with Gasteiger partial charge in [-0.1, -0.05) is 5.16 Å². The predicted molar refractivity (Wildman–Crippen MR) is 133 cm³/mol. The molecule has 4 rings (SSSR count). The number of aryl methyl sites for hydroxylation is 1. The molecule has 0 aliphatic carbocycles. The van der Waals surface area contributed by atoms with Gasteiger partial charge in [-0.25, -0.2) is 13.8 Å². The monoisotopic (exact) mass is 528 g/mol. The number of piperidine rings is 1. The highest BCUT2D eigenvalue weighted by molar-refractivity contribution is 5.97. The van der Waals surface area contributed by atoms with E-state index < -0.39 is 35.5 Å². The maximum absolute atomic E-state index is 14.2. The van der Waals surface area contributed by atoms with Gasteiger partial charge in [0.1, 0.15) is 29.3 Å². The first-order valence-corrected chi connectivity index (χ1v) is 12.5. The van der Waals surface area contributed by atoms with Gasteiger partial charge in [0.05, 0.1) is 24.4 Å². The summed E-state index contributed by atoms with van der Waals surface area (Å²) < 4.78 is 32.4. The van der Waals surface area contributed by atoms with Crippen molar-refractivity contribution in [3.63, 3.8) is 0 Å². The molecule has 1 fully saturated rings. The zero-order valence-electron chi connectivity index (χ0n) is 21.4. The van der Waals surface area contributed by atoms with E-state index >= 15 is 0 Å². The molecule has 10 nitrogen and oxygen atoms in total. The maximum Gasteiger partial charge on any atom is 0.274 e. The van der Waals surface area contributed by atoms with Crippen molar-refractivity contribution in [2.45, 2.75) is 64.6 Å². The molecule has 1 aliphatic rings. The Bertz CT molecular complexity index is 1320. The van der Waals surface area contributed by atoms with Crippen LogP contribution >= 0.6 is 0 Å². The summed E-state index contributed by atoms with van der Waals surface area (Å²) in [4.78, 5) is 48.0. The number of nitrogens with zero attached hydrogens (tertiary/aromatic N) is 3. The van der Waals surface area contributed by atoms with Gasteiger partial charge in [0.15, 0.2) is 5.69 Å². The first-order chi connectivity index (χ1) is 18.1. The minimum Gasteiger partial charge on any atom is -0.361 e. The van der Waals surface area contributed by atoms with E-state index in [4.69, 9.17) is 4.52 Å². The van der Waals surface area contributed by atoms with Crippen molar-refractivity contribution < 1.29 is 27.7 Å². The molecule has 3 N–H and O–H groups in total. The summed E-state index contributed by atoms with van der Waals surface area (Å²) in [5, 5.41) is 9.02. The molecule has 12 heteroatoms. The van der Waals surface area contributed by atoms with E-state index in [1.54, 1.807) is 18.7 Å². The van der Waals surface area contributed by atoms with Gasteiger partial charge in [-0.2, -0.15) is 0 Å². The van der Waals surface area contributed by atoms with Crippen molar-refractivity contribution in [1.82, 2.24) is 30.7 Å². The van der Waals surface area contributed by atoms with Crippen molar-refractivity contribution in [1.29, 1.82) is 0 Å². The zero-order valence-corrected chi connectivity index (χ0v) is 21.4. The Morgan fingerprint density at radius 1 is 1.21 bits per heavy atom. The van der Waals surface area contributed by atoms with Crippen molar-refractivity contribution in [2.75, 3.05) is 6.54 Å². The number of H-pyrrole nitrogens is 1. The fourth-order valence-electron chi connectivity index (χ4n) is 4.46. The minimum absolute atomic E-state index is 0.0101. The summed E-state index contributed by atoms with van der Waals surface area (Å²) >= 11 is 0. The van der Waals surface area contributed by atoms with Gasteiger partial charge in [-0.3, -0.25) is 14.4 Å². The van der Waals surface area contributed by atoms with Crippen LogP contribution in [-0.4, -0.2) is 56.4 Å². The number of nitrogens with one attached hydrogen (secondary N) is 3. The van der Waals surface area contributed by atoms with Gasteiger partial charge in [0.2, 0.25) is 11.8 Å². The summed E-state index contributed by atoms with van der Waals surface area (Å²) in [6.45, 7) is 5.84. The molecule has 38 heavy (non-hydrogen) atoms. The van der Waals surface area contributed by atoms with Crippen molar-refractivity contribution >= 4 is 17.7 Å². The highest BCUT2D eigenvalue weighted by atomic mass is 19.1. The molecule has 0 saturated carbocycles. The molecule has 202 valence electrons. The van der Waals surface area contributed by atoms with Gasteiger partial charge in [-0.05, 0) is 52.2 Å². The number of benzene rings is 1. The van der Waals surface area contributed by atoms with Crippen LogP contribution in [0.5, 0.6) is 0 Å². The Hall–Kier alpha value is -4.09. The van der Waals surface area contributed by atoms with Crippen LogP contribution in [0.15, 0.2) is 35.0 Å². The molecule has 1 aromatic carbocycles. The molecule has 0 radical (unpaired) electrons. The molecular formula is C26H30F2N6O4. The lowest BCUT2D eigenvalue weighted by Crippen LogP contribution is -2.51. The average molecular weight is 529 g/mol. The van der Waals surface area contributed by atoms with Gasteiger partial charge >= 0.3 is 0 Å². The highest BCUT2D eigenvalue weighted by Gasteiger charge is 2.31. The third-order valence-electron chi connectivity index (χ3n) is 6.57. The Balaban J connectivity index is 1.49. The molecule has 3 heterocycles. The maximum atomic E-state index is 14.2. The standard InChI is InChI=1S/C26H30F2N6O4/c1-14-6-4-5-9-34(14)23(35)12-20(32-26(37)21-10-15(2)38-33-21)25(36)30-16(3)24-29-13-22(31-24)18-8-7-17(27)11-19(18)28/h7-8,10-11,13-14,16,20H,4-6,9,12H2,1-3H3,(H,29,31)(H,30,36)(H,32,37)/t14-,16-,20-/m0/s1. The molecule has 0 bridgehead atoms. The van der Waals surface area contributed by atoms with Crippen molar-refractivity contribution in [2.24, 2.45) is 0 Å². The number of carbonyl (C=O) groups excluding carboxylic acids is 3. The molecule has 0 spiro atoms. The lowest BCUT2D eigenvalue weighted by Gasteiger charge is -2.34. The lowest BCUT2D eigenvalue weighted by atomic mass is 10.0. The molecule has 1 saturated heterocycles. The van der Waals surface area contributed by atoms with E-state index in [1.807, 2.05) is 6.92 Å². The second-order valence-electron chi connectivity index (χ2n) is 9.52. The summed E-state index contributed by atoms with van der Waals surface area (Å²) in [5.41, 5.74) is 0.418. The second-order valence-corrected chi connectivity index (χ2v) is 9.52. The number of carbonyl (C=O) groups is 3. The van der Waals surface area contributed by atoms with Crippen LogP contribution in [-0.2, 0) is 9.59 Å². The molecule has 2 aromatic heterocycles. The van der Waals surface area contributed by atoms with Crippen LogP contribution in [0.2, 0.25) is 0 Å². The van der Waals surface area contributed by atoms with Crippen LogP contribution in [0.25, 0.3) is 11.3 Å². The normalized spacial score (nSPS) is 17.1. The summed E-state index contributed by atoms with van der Waals surface area (Å²) in [6.07, 6.45) is 3.92. The van der Waals surface area contributed by atoms with E-state index in [2.05, 4.69) is 25.8 Å². The summed E-state index contributed by atoms with van der Waals surface area (Å²) in [6, 6.07) is 2.79. The molecule has 3 aromatic rings. The van der Waals surface area contributed by atoms with Crippen LogP contribution in [0.1, 0.15) is 67.6 Å². The minimum atomic E-state index is -1.19. The topological polar surface area (TPSA) is 133 Å². The number of rotatable bonds is 8. The van der Waals surface area contributed by atoms with Crippen LogP contribution < -0.4 is 10.6 Å². The van der Waals surface area contributed by atoms with Crippen LogP contribution in [0.4, 0.5) is 8.78 Å². The van der Waals surface area contributed by atoms with Gasteiger partial charge in [-0.15, -0.1) is 0 Å².